The lowest BCUT2D eigenvalue weighted by atomic mass is 10.2. The Bertz CT molecular complexity index is 917. The summed E-state index contributed by atoms with van der Waals surface area (Å²) >= 11 is 1.55. The number of pyridine rings is 1. The molecular formula is C17H18N6OS. The maximum absolute atomic E-state index is 12.6. The average Bonchev–Trinajstić information content (AvgIpc) is 3.18. The number of aromatic nitrogens is 4. The number of fused-ring (bicyclic) bond motifs is 1. The van der Waals surface area contributed by atoms with E-state index in [0.29, 0.717) is 16.5 Å². The molecule has 1 aliphatic rings. The summed E-state index contributed by atoms with van der Waals surface area (Å²) in [6.45, 7) is 3.75. The highest BCUT2D eigenvalue weighted by molar-refractivity contribution is 7.15. The van der Waals surface area contributed by atoms with E-state index in [1.54, 1.807) is 28.4 Å². The number of thiazole rings is 1. The number of anilines is 1. The van der Waals surface area contributed by atoms with Gasteiger partial charge in [0, 0.05) is 30.6 Å². The molecule has 3 aromatic heterocycles. The number of nitrogens with one attached hydrogen (secondary N) is 1. The Morgan fingerprint density at radius 1 is 1.36 bits per heavy atom. The van der Waals surface area contributed by atoms with Gasteiger partial charge in [0.2, 0.25) is 0 Å². The van der Waals surface area contributed by atoms with Crippen LogP contribution in [-0.4, -0.2) is 44.1 Å². The summed E-state index contributed by atoms with van der Waals surface area (Å²) in [5.74, 6) is 0.492. The molecule has 1 N–H and O–H groups in total. The Kier molecular flexibility index (Phi) is 4.06. The molecule has 0 spiro atoms. The van der Waals surface area contributed by atoms with E-state index in [0.717, 1.165) is 30.9 Å². The lowest BCUT2D eigenvalue weighted by molar-refractivity contribution is 0.102. The molecule has 7 nitrogen and oxygen atoms in total. The first-order chi connectivity index (χ1) is 12.1. The fraction of sp³-hybridized carbons (Fsp3) is 0.294. The van der Waals surface area contributed by atoms with Crippen molar-refractivity contribution in [1.82, 2.24) is 24.6 Å². The largest absolute Gasteiger partial charge is 0.301 e. The third kappa shape index (κ3) is 3.06. The Morgan fingerprint density at radius 3 is 3.04 bits per heavy atom. The van der Waals surface area contributed by atoms with Gasteiger partial charge in [0.15, 0.2) is 10.9 Å². The first kappa shape index (κ1) is 15.9. The van der Waals surface area contributed by atoms with Gasteiger partial charge in [-0.15, -0.1) is 11.3 Å². The molecule has 0 bridgehead atoms. The third-order valence-electron chi connectivity index (χ3n) is 4.26. The van der Waals surface area contributed by atoms with E-state index >= 15 is 0 Å². The molecule has 0 saturated carbocycles. The standard InChI is InChI=1S/C17H18N6OS/c1-11-12(9-19-23(11)15-5-3-4-7-18-15)16(24)21-17-20-13-6-8-22(2)10-14(13)25-17/h3-5,7,9H,6,8,10H2,1-2H3,(H,20,21,24). The van der Waals surface area contributed by atoms with Gasteiger partial charge < -0.3 is 4.90 Å². The topological polar surface area (TPSA) is 75.9 Å². The summed E-state index contributed by atoms with van der Waals surface area (Å²) in [6, 6.07) is 5.59. The van der Waals surface area contributed by atoms with Crippen LogP contribution in [0.4, 0.5) is 5.13 Å². The second kappa shape index (κ2) is 6.38. The van der Waals surface area contributed by atoms with Crippen LogP contribution in [-0.2, 0) is 13.0 Å². The normalized spacial score (nSPS) is 14.3. The number of carbonyl (C=O) groups is 1. The first-order valence-corrected chi connectivity index (χ1v) is 8.88. The lowest BCUT2D eigenvalue weighted by Gasteiger charge is -2.20. The summed E-state index contributed by atoms with van der Waals surface area (Å²) in [4.78, 5) is 24.9. The zero-order chi connectivity index (χ0) is 17.4. The van der Waals surface area contributed by atoms with Crippen LogP contribution >= 0.6 is 11.3 Å². The molecule has 0 saturated heterocycles. The van der Waals surface area contributed by atoms with Gasteiger partial charge in [0.05, 0.1) is 23.1 Å². The molecule has 128 valence electrons. The van der Waals surface area contributed by atoms with Gasteiger partial charge in [-0.3, -0.25) is 10.1 Å². The van der Waals surface area contributed by atoms with Gasteiger partial charge in [-0.25, -0.2) is 14.6 Å². The number of rotatable bonds is 3. The van der Waals surface area contributed by atoms with Crippen molar-refractivity contribution < 1.29 is 4.79 Å². The van der Waals surface area contributed by atoms with Gasteiger partial charge in [-0.05, 0) is 26.1 Å². The molecule has 8 heteroatoms. The van der Waals surface area contributed by atoms with Crippen LogP contribution in [0.5, 0.6) is 0 Å². The van der Waals surface area contributed by atoms with Crippen molar-refractivity contribution >= 4 is 22.4 Å². The molecule has 0 atom stereocenters. The van der Waals surface area contributed by atoms with Crippen LogP contribution in [0.25, 0.3) is 5.82 Å². The minimum absolute atomic E-state index is 0.195. The SMILES string of the molecule is Cc1c(C(=O)Nc2nc3c(s2)CN(C)CC3)cnn1-c1ccccn1. The molecule has 4 rings (SSSR count). The Morgan fingerprint density at radius 2 is 2.24 bits per heavy atom. The van der Waals surface area contributed by atoms with Crippen LogP contribution in [0.2, 0.25) is 0 Å². The lowest BCUT2D eigenvalue weighted by Crippen LogP contribution is -2.25. The molecule has 0 unspecified atom stereocenters. The Balaban J connectivity index is 1.55. The molecular weight excluding hydrogens is 336 g/mol. The van der Waals surface area contributed by atoms with Crippen LogP contribution < -0.4 is 5.32 Å². The van der Waals surface area contributed by atoms with Crippen LogP contribution in [0.1, 0.15) is 26.6 Å². The molecule has 25 heavy (non-hydrogen) atoms. The number of carbonyl (C=O) groups excluding carboxylic acids is 1. The monoisotopic (exact) mass is 354 g/mol. The second-order valence-electron chi connectivity index (χ2n) is 6.07. The van der Waals surface area contributed by atoms with Crippen molar-refractivity contribution in [1.29, 1.82) is 0 Å². The van der Waals surface area contributed by atoms with Crippen molar-refractivity contribution in [3.8, 4) is 5.82 Å². The van der Waals surface area contributed by atoms with Crippen molar-refractivity contribution in [3.63, 3.8) is 0 Å². The van der Waals surface area contributed by atoms with E-state index in [1.807, 2.05) is 25.1 Å². The fourth-order valence-electron chi connectivity index (χ4n) is 2.88. The van der Waals surface area contributed by atoms with Crippen molar-refractivity contribution in [2.75, 3.05) is 18.9 Å². The Labute approximate surface area is 149 Å². The minimum Gasteiger partial charge on any atom is -0.301 e. The van der Waals surface area contributed by atoms with Gasteiger partial charge >= 0.3 is 0 Å². The third-order valence-corrected chi connectivity index (χ3v) is 5.26. The van der Waals surface area contributed by atoms with E-state index in [2.05, 4.69) is 32.3 Å². The van der Waals surface area contributed by atoms with Crippen LogP contribution in [0.15, 0.2) is 30.6 Å². The Hall–Kier alpha value is -2.58. The highest BCUT2D eigenvalue weighted by Crippen LogP contribution is 2.28. The number of amides is 1. The highest BCUT2D eigenvalue weighted by atomic mass is 32.1. The maximum atomic E-state index is 12.6. The molecule has 0 radical (unpaired) electrons. The number of likely N-dealkylation sites (N-methyl/N-ethyl adjacent to an activating group) is 1. The zero-order valence-corrected chi connectivity index (χ0v) is 14.9. The fourth-order valence-corrected chi connectivity index (χ4v) is 3.97. The van der Waals surface area contributed by atoms with Gasteiger partial charge in [-0.1, -0.05) is 6.07 Å². The predicted octanol–water partition coefficient (Wildman–Crippen LogP) is 2.27. The van der Waals surface area contributed by atoms with Gasteiger partial charge in [0.25, 0.3) is 5.91 Å². The quantitative estimate of drug-likeness (QED) is 0.781. The average molecular weight is 354 g/mol. The maximum Gasteiger partial charge on any atom is 0.260 e. The molecule has 0 aromatic carbocycles. The molecule has 1 amide bonds. The van der Waals surface area contributed by atoms with Crippen molar-refractivity contribution in [3.05, 3.63) is 52.4 Å². The first-order valence-electron chi connectivity index (χ1n) is 8.06. The molecule has 0 fully saturated rings. The smallest absolute Gasteiger partial charge is 0.260 e. The summed E-state index contributed by atoms with van der Waals surface area (Å²) in [5.41, 5.74) is 2.37. The van der Waals surface area contributed by atoms with Crippen molar-refractivity contribution in [2.45, 2.75) is 19.9 Å². The van der Waals surface area contributed by atoms with Crippen LogP contribution in [0.3, 0.4) is 0 Å². The van der Waals surface area contributed by atoms with E-state index in [9.17, 15) is 4.79 Å². The molecule has 3 aromatic rings. The minimum atomic E-state index is -0.195. The van der Waals surface area contributed by atoms with E-state index in [-0.39, 0.29) is 5.91 Å². The van der Waals surface area contributed by atoms with Gasteiger partial charge in [0.1, 0.15) is 0 Å². The zero-order valence-electron chi connectivity index (χ0n) is 14.1. The molecule has 1 aliphatic heterocycles. The highest BCUT2D eigenvalue weighted by Gasteiger charge is 2.21. The summed E-state index contributed by atoms with van der Waals surface area (Å²) in [7, 11) is 2.09. The van der Waals surface area contributed by atoms with E-state index in [4.69, 9.17) is 0 Å². The summed E-state index contributed by atoms with van der Waals surface area (Å²) < 4.78 is 1.66. The van der Waals surface area contributed by atoms with E-state index in [1.165, 1.54) is 4.88 Å². The predicted molar refractivity (Wildman–Crippen MR) is 96.2 cm³/mol. The number of nitrogens with zero attached hydrogens (tertiary/aromatic N) is 5. The van der Waals surface area contributed by atoms with E-state index < -0.39 is 0 Å². The van der Waals surface area contributed by atoms with Gasteiger partial charge in [-0.2, -0.15) is 5.10 Å². The second-order valence-corrected chi connectivity index (χ2v) is 7.16. The summed E-state index contributed by atoms with van der Waals surface area (Å²) in [6.07, 6.45) is 4.20. The van der Waals surface area contributed by atoms with Crippen molar-refractivity contribution in [2.24, 2.45) is 0 Å². The number of hydrogen-bond acceptors (Lipinski definition) is 6. The number of hydrogen-bond donors (Lipinski definition) is 1. The molecule has 0 aliphatic carbocycles. The summed E-state index contributed by atoms with van der Waals surface area (Å²) in [5, 5.41) is 7.85. The van der Waals surface area contributed by atoms with Crippen LogP contribution in [0, 0.1) is 6.92 Å². The molecule has 4 heterocycles.